The third kappa shape index (κ3) is 3.76. The molecular weight excluding hydrogens is 138 g/mol. The van der Waals surface area contributed by atoms with E-state index in [2.05, 4.69) is 0 Å². The molecule has 2 unspecified atom stereocenters. The molecule has 2 atom stereocenters. The normalized spacial score (nSPS) is 17.4. The van der Waals surface area contributed by atoms with E-state index in [1.807, 2.05) is 0 Å². The smallest absolute Gasteiger partial charge is 0.0973 e. The fourth-order valence-electron chi connectivity index (χ4n) is 0.561. The van der Waals surface area contributed by atoms with Crippen LogP contribution in [0.4, 0.5) is 0 Å². The first-order valence-corrected chi connectivity index (χ1v) is 3.09. The van der Waals surface area contributed by atoms with E-state index in [0.717, 1.165) is 0 Å². The van der Waals surface area contributed by atoms with E-state index in [1.165, 1.54) is 0 Å². The zero-order valence-corrected chi connectivity index (χ0v) is 5.80. The lowest BCUT2D eigenvalue weighted by atomic mass is 10.1. The lowest BCUT2D eigenvalue weighted by Crippen LogP contribution is -2.35. The summed E-state index contributed by atoms with van der Waals surface area (Å²) < 4.78 is 0. The Bertz CT molecular complexity index is 87.7. The lowest BCUT2D eigenvalue weighted by Gasteiger charge is -2.17. The van der Waals surface area contributed by atoms with Gasteiger partial charge in [0.25, 0.3) is 0 Å². The topological polar surface area (TPSA) is 84.2 Å². The van der Waals surface area contributed by atoms with Gasteiger partial charge < -0.3 is 10.2 Å². The van der Waals surface area contributed by atoms with Gasteiger partial charge in [-0.15, -0.1) is 0 Å². The predicted octanol–water partition coefficient (Wildman–Crippen LogP) is -0.801. The van der Waals surface area contributed by atoms with Crippen LogP contribution >= 0.6 is 0 Å². The van der Waals surface area contributed by atoms with Gasteiger partial charge in [0.15, 0.2) is 0 Å². The average Bonchev–Trinajstić information content (AvgIpc) is 1.85. The molecule has 10 heavy (non-hydrogen) atoms. The summed E-state index contributed by atoms with van der Waals surface area (Å²) in [7, 11) is 0. The van der Waals surface area contributed by atoms with Crippen molar-refractivity contribution in [2.75, 3.05) is 6.54 Å². The summed E-state index contributed by atoms with van der Waals surface area (Å²) in [5, 5.41) is 34.0. The minimum Gasteiger partial charge on any atom is -0.390 e. The number of rotatable bonds is 4. The van der Waals surface area contributed by atoms with Gasteiger partial charge in [0.05, 0.1) is 18.8 Å². The second-order valence-corrected chi connectivity index (χ2v) is 2.10. The van der Waals surface area contributed by atoms with Crippen LogP contribution in [-0.2, 0) is 0 Å². The highest BCUT2D eigenvalue weighted by molar-refractivity contribution is 4.64. The fraction of sp³-hybridized carbons (Fsp3) is 1.00. The zero-order chi connectivity index (χ0) is 8.15. The average molecular weight is 151 g/mol. The Morgan fingerprint density at radius 2 is 1.70 bits per heavy atom. The van der Waals surface area contributed by atoms with E-state index in [4.69, 9.17) is 20.6 Å². The Morgan fingerprint density at radius 3 is 2.00 bits per heavy atom. The van der Waals surface area contributed by atoms with Crippen LogP contribution in [-0.4, -0.2) is 44.6 Å². The van der Waals surface area contributed by atoms with Crippen LogP contribution in [0.15, 0.2) is 0 Å². The highest BCUT2D eigenvalue weighted by Crippen LogP contribution is 1.98. The van der Waals surface area contributed by atoms with Gasteiger partial charge in [0.1, 0.15) is 0 Å². The molecule has 5 nitrogen and oxygen atoms in total. The number of aliphatic hydroxyl groups excluding tert-OH is 2. The Balaban J connectivity index is 3.50. The molecule has 0 aliphatic carbocycles. The van der Waals surface area contributed by atoms with Crippen molar-refractivity contribution in [1.29, 1.82) is 0 Å². The van der Waals surface area contributed by atoms with E-state index in [1.54, 1.807) is 6.92 Å². The van der Waals surface area contributed by atoms with Gasteiger partial charge in [0.2, 0.25) is 0 Å². The summed E-state index contributed by atoms with van der Waals surface area (Å²) in [6.07, 6.45) is -1.63. The highest BCUT2D eigenvalue weighted by Gasteiger charge is 2.15. The Kier molecular flexibility index (Phi) is 4.50. The molecule has 0 aliphatic rings. The molecule has 0 rings (SSSR count). The molecule has 0 bridgehead atoms. The second-order valence-electron chi connectivity index (χ2n) is 2.10. The van der Waals surface area contributed by atoms with Crippen molar-refractivity contribution in [1.82, 2.24) is 5.23 Å². The van der Waals surface area contributed by atoms with Crippen molar-refractivity contribution in [3.05, 3.63) is 0 Å². The van der Waals surface area contributed by atoms with Crippen LogP contribution < -0.4 is 0 Å². The van der Waals surface area contributed by atoms with Crippen LogP contribution in [0.2, 0.25) is 0 Å². The monoisotopic (exact) mass is 151 g/mol. The van der Waals surface area contributed by atoms with Crippen molar-refractivity contribution in [3.8, 4) is 0 Å². The van der Waals surface area contributed by atoms with Gasteiger partial charge in [-0.05, 0) is 6.42 Å². The van der Waals surface area contributed by atoms with E-state index in [-0.39, 0.29) is 11.8 Å². The Labute approximate surface area is 59.0 Å². The van der Waals surface area contributed by atoms with Crippen LogP contribution in [0.5, 0.6) is 0 Å². The summed E-state index contributed by atoms with van der Waals surface area (Å²) >= 11 is 0. The number of nitrogens with zero attached hydrogens (tertiary/aromatic N) is 1. The van der Waals surface area contributed by atoms with Gasteiger partial charge >= 0.3 is 0 Å². The van der Waals surface area contributed by atoms with Crippen molar-refractivity contribution in [3.63, 3.8) is 0 Å². The van der Waals surface area contributed by atoms with Gasteiger partial charge in [0, 0.05) is 0 Å². The van der Waals surface area contributed by atoms with E-state index >= 15 is 0 Å². The van der Waals surface area contributed by atoms with Crippen LogP contribution in [0.25, 0.3) is 0 Å². The molecule has 62 valence electrons. The first kappa shape index (κ1) is 9.80. The molecule has 0 aromatic heterocycles. The third-order valence-corrected chi connectivity index (χ3v) is 1.21. The van der Waals surface area contributed by atoms with E-state index in [0.29, 0.717) is 6.42 Å². The largest absolute Gasteiger partial charge is 0.390 e. The lowest BCUT2D eigenvalue weighted by molar-refractivity contribution is -0.318. The molecular formula is C5H13NO4. The van der Waals surface area contributed by atoms with Crippen molar-refractivity contribution in [2.24, 2.45) is 0 Å². The molecule has 0 saturated heterocycles. The highest BCUT2D eigenvalue weighted by atomic mass is 16.8. The second kappa shape index (κ2) is 4.59. The number of aliphatic hydroxyl groups is 2. The minimum absolute atomic E-state index is 0.149. The quantitative estimate of drug-likeness (QED) is 0.395. The Morgan fingerprint density at radius 1 is 1.20 bits per heavy atom. The number of hydrogen-bond acceptors (Lipinski definition) is 5. The fourth-order valence-corrected chi connectivity index (χ4v) is 0.561. The minimum atomic E-state index is -1.11. The van der Waals surface area contributed by atoms with Gasteiger partial charge in [-0.3, -0.25) is 10.4 Å². The van der Waals surface area contributed by atoms with Crippen LogP contribution in [0.3, 0.4) is 0 Å². The third-order valence-electron chi connectivity index (χ3n) is 1.21. The summed E-state index contributed by atoms with van der Waals surface area (Å²) in [5.74, 6) is 0. The molecule has 0 spiro atoms. The van der Waals surface area contributed by atoms with Crippen molar-refractivity contribution < 1.29 is 20.6 Å². The maximum absolute atomic E-state index is 8.88. The molecule has 0 aromatic carbocycles. The van der Waals surface area contributed by atoms with E-state index in [9.17, 15) is 0 Å². The summed E-state index contributed by atoms with van der Waals surface area (Å²) in [4.78, 5) is 0. The molecule has 0 heterocycles. The predicted molar refractivity (Wildman–Crippen MR) is 32.6 cm³/mol. The molecule has 0 saturated carbocycles. The number of hydroxylamine groups is 2. The first-order valence-electron chi connectivity index (χ1n) is 3.09. The molecule has 0 aromatic rings. The molecule has 5 heteroatoms. The van der Waals surface area contributed by atoms with Crippen molar-refractivity contribution >= 4 is 0 Å². The zero-order valence-electron chi connectivity index (χ0n) is 5.80. The molecule has 0 radical (unpaired) electrons. The maximum atomic E-state index is 8.88. The summed E-state index contributed by atoms with van der Waals surface area (Å²) in [5.41, 5.74) is 0. The molecule has 4 N–H and O–H groups in total. The van der Waals surface area contributed by atoms with Crippen molar-refractivity contribution in [2.45, 2.75) is 25.6 Å². The first-order chi connectivity index (χ1) is 4.57. The maximum Gasteiger partial charge on any atom is 0.0973 e. The summed E-state index contributed by atoms with van der Waals surface area (Å²) in [6.45, 7) is 1.32. The van der Waals surface area contributed by atoms with Gasteiger partial charge in [-0.25, -0.2) is 0 Å². The van der Waals surface area contributed by atoms with Crippen LogP contribution in [0.1, 0.15) is 13.3 Å². The number of hydrogen-bond donors (Lipinski definition) is 4. The van der Waals surface area contributed by atoms with Gasteiger partial charge in [-0.2, -0.15) is 0 Å². The molecule has 0 amide bonds. The molecule has 0 fully saturated rings. The standard InChI is InChI=1S/C5H13NO4/c1-2-4(7)5(8)3-6(9)10/h4-5,7-10H,2-3H2,1H3. The summed E-state index contributed by atoms with van der Waals surface area (Å²) in [6, 6.07) is 0. The SMILES string of the molecule is CCC(O)C(O)CN(O)O. The Hall–Kier alpha value is -0.200. The molecule has 0 aliphatic heterocycles. The van der Waals surface area contributed by atoms with E-state index < -0.39 is 12.2 Å². The van der Waals surface area contributed by atoms with Gasteiger partial charge in [-0.1, -0.05) is 12.2 Å². The van der Waals surface area contributed by atoms with Crippen LogP contribution in [0, 0.1) is 0 Å².